The lowest BCUT2D eigenvalue weighted by molar-refractivity contribution is -0.0500. The monoisotopic (exact) mass is 445 g/mol. The number of alkyl halides is 4. The number of hydrogen-bond acceptors (Lipinski definition) is 5. The molecule has 2 aromatic rings. The van der Waals surface area contributed by atoms with Crippen LogP contribution in [0, 0.1) is 5.92 Å². The third-order valence-electron chi connectivity index (χ3n) is 5.24. The molecule has 172 valence electrons. The van der Waals surface area contributed by atoms with E-state index in [4.69, 9.17) is 10.5 Å². The maximum atomic E-state index is 13.7. The van der Waals surface area contributed by atoms with E-state index in [-0.39, 0.29) is 42.8 Å². The van der Waals surface area contributed by atoms with Crippen molar-refractivity contribution >= 4 is 11.7 Å². The summed E-state index contributed by atoms with van der Waals surface area (Å²) in [5.74, 6) is -3.02. The third-order valence-corrected chi connectivity index (χ3v) is 5.24. The fourth-order valence-corrected chi connectivity index (χ4v) is 3.65. The van der Waals surface area contributed by atoms with Gasteiger partial charge in [0.25, 0.3) is 6.43 Å². The van der Waals surface area contributed by atoms with Gasteiger partial charge in [-0.05, 0) is 51.2 Å². The topological polar surface area (TPSA) is 94.5 Å². The van der Waals surface area contributed by atoms with Gasteiger partial charge in [-0.3, -0.25) is 0 Å². The molecule has 3 N–H and O–H groups in total. The number of carbonyl (C=O) groups excluding carboxylic acids is 1. The second-order valence-corrected chi connectivity index (χ2v) is 8.93. The van der Waals surface area contributed by atoms with E-state index in [1.165, 1.54) is 16.8 Å². The lowest BCUT2D eigenvalue weighted by Gasteiger charge is -2.33. The number of ether oxygens (including phenoxy) is 1. The zero-order chi connectivity index (χ0) is 23.0. The van der Waals surface area contributed by atoms with Crippen LogP contribution in [0.3, 0.4) is 0 Å². The Kier molecular flexibility index (Phi) is 6.45. The molecule has 0 saturated heterocycles. The standard InChI is InChI=1S/C20H27F4N5O2/c1-19(2,3)31-18(30)28-16(11-4-6-20(23,24)7-5-11)13-10-29-14(27-13)8-12(9-26-29)15(25)17(21)22/h8-11,15-17H,4-7,25H2,1-3H3,(H,28,30)/t15-,16-/m0/s1. The minimum Gasteiger partial charge on any atom is -0.444 e. The number of carbonyl (C=O) groups is 1. The predicted octanol–water partition coefficient (Wildman–Crippen LogP) is 4.39. The highest BCUT2D eigenvalue weighted by Crippen LogP contribution is 2.41. The highest BCUT2D eigenvalue weighted by atomic mass is 19.3. The first-order chi connectivity index (χ1) is 14.3. The van der Waals surface area contributed by atoms with Gasteiger partial charge < -0.3 is 15.8 Å². The Morgan fingerprint density at radius 1 is 1.32 bits per heavy atom. The molecule has 0 aliphatic heterocycles. The molecule has 2 atom stereocenters. The highest BCUT2D eigenvalue weighted by Gasteiger charge is 2.39. The molecule has 7 nitrogen and oxygen atoms in total. The zero-order valence-electron chi connectivity index (χ0n) is 17.6. The van der Waals surface area contributed by atoms with Gasteiger partial charge in [0, 0.05) is 12.8 Å². The highest BCUT2D eigenvalue weighted by molar-refractivity contribution is 5.68. The number of nitrogens with one attached hydrogen (secondary N) is 1. The summed E-state index contributed by atoms with van der Waals surface area (Å²) >= 11 is 0. The van der Waals surface area contributed by atoms with E-state index in [0.29, 0.717) is 5.69 Å². The SMILES string of the molecule is CC(C)(C)OC(=O)N[C@H](c1cn2ncc([C@H](N)C(F)F)cc2n1)C1CCC(F)(F)CC1. The molecule has 0 bridgehead atoms. The van der Waals surface area contributed by atoms with Crippen molar-refractivity contribution in [3.63, 3.8) is 0 Å². The number of imidazole rings is 1. The van der Waals surface area contributed by atoms with Crippen molar-refractivity contribution in [1.29, 1.82) is 0 Å². The fraction of sp³-hybridized carbons (Fsp3) is 0.650. The first kappa shape index (κ1) is 23.2. The minimum atomic E-state index is -2.76. The van der Waals surface area contributed by atoms with Crippen LogP contribution in [0.2, 0.25) is 0 Å². The Hall–Kier alpha value is -2.43. The number of nitrogens with two attached hydrogens (primary N) is 1. The van der Waals surface area contributed by atoms with Crippen LogP contribution in [-0.4, -0.2) is 38.6 Å². The number of fused-ring (bicyclic) bond motifs is 1. The lowest BCUT2D eigenvalue weighted by atomic mass is 9.81. The number of amides is 1. The van der Waals surface area contributed by atoms with E-state index in [1.807, 2.05) is 0 Å². The van der Waals surface area contributed by atoms with E-state index in [0.717, 1.165) is 0 Å². The van der Waals surface area contributed by atoms with Crippen molar-refractivity contribution in [1.82, 2.24) is 19.9 Å². The van der Waals surface area contributed by atoms with Gasteiger partial charge in [-0.1, -0.05) is 0 Å². The largest absolute Gasteiger partial charge is 0.444 e. The molecule has 3 rings (SSSR count). The van der Waals surface area contributed by atoms with Crippen molar-refractivity contribution in [2.45, 2.75) is 76.5 Å². The second kappa shape index (κ2) is 8.60. The summed E-state index contributed by atoms with van der Waals surface area (Å²) in [5.41, 5.74) is 5.52. The summed E-state index contributed by atoms with van der Waals surface area (Å²) in [5, 5.41) is 6.82. The van der Waals surface area contributed by atoms with E-state index in [1.54, 1.807) is 27.0 Å². The molecule has 1 aliphatic rings. The van der Waals surface area contributed by atoms with Crippen LogP contribution in [0.25, 0.3) is 5.65 Å². The van der Waals surface area contributed by atoms with Crippen LogP contribution in [0.1, 0.15) is 69.8 Å². The maximum Gasteiger partial charge on any atom is 0.408 e. The molecule has 0 radical (unpaired) electrons. The van der Waals surface area contributed by atoms with E-state index in [9.17, 15) is 22.4 Å². The summed E-state index contributed by atoms with van der Waals surface area (Å²) in [6.07, 6.45) is -0.877. The molecule has 0 spiro atoms. The predicted molar refractivity (Wildman–Crippen MR) is 105 cm³/mol. The van der Waals surface area contributed by atoms with Gasteiger partial charge >= 0.3 is 6.09 Å². The van der Waals surface area contributed by atoms with Crippen molar-refractivity contribution < 1.29 is 27.1 Å². The number of aromatic nitrogens is 3. The Morgan fingerprint density at radius 3 is 2.55 bits per heavy atom. The smallest absolute Gasteiger partial charge is 0.408 e. The fourth-order valence-electron chi connectivity index (χ4n) is 3.65. The average molecular weight is 445 g/mol. The van der Waals surface area contributed by atoms with Crippen LogP contribution in [0.5, 0.6) is 0 Å². The number of alkyl carbamates (subject to hydrolysis) is 1. The van der Waals surface area contributed by atoms with Crippen LogP contribution < -0.4 is 11.1 Å². The van der Waals surface area contributed by atoms with E-state index in [2.05, 4.69) is 15.4 Å². The number of rotatable bonds is 5. The van der Waals surface area contributed by atoms with Gasteiger partial charge in [0.15, 0.2) is 5.65 Å². The van der Waals surface area contributed by atoms with Crippen LogP contribution in [0.4, 0.5) is 22.4 Å². The number of halogens is 4. The molecular formula is C20H27F4N5O2. The summed E-state index contributed by atoms with van der Waals surface area (Å²) in [4.78, 5) is 16.8. The molecule has 0 unspecified atom stereocenters. The quantitative estimate of drug-likeness (QED) is 0.666. The maximum absolute atomic E-state index is 13.7. The summed E-state index contributed by atoms with van der Waals surface area (Å²) in [6, 6.07) is -0.804. The molecule has 1 fully saturated rings. The average Bonchev–Trinajstić information content (AvgIpc) is 3.07. The van der Waals surface area contributed by atoms with Gasteiger partial charge in [-0.25, -0.2) is 31.9 Å². The Labute approximate surface area is 177 Å². The van der Waals surface area contributed by atoms with Crippen molar-refractivity contribution in [2.24, 2.45) is 11.7 Å². The van der Waals surface area contributed by atoms with Crippen molar-refractivity contribution in [3.8, 4) is 0 Å². The summed E-state index contributed by atoms with van der Waals surface area (Å²) in [6.45, 7) is 5.14. The van der Waals surface area contributed by atoms with Crippen LogP contribution >= 0.6 is 0 Å². The van der Waals surface area contributed by atoms with Gasteiger partial charge in [0.05, 0.1) is 30.2 Å². The lowest BCUT2D eigenvalue weighted by Crippen LogP contribution is -2.40. The third kappa shape index (κ3) is 5.84. The van der Waals surface area contributed by atoms with E-state index < -0.39 is 36.1 Å². The van der Waals surface area contributed by atoms with Gasteiger partial charge in [0.2, 0.25) is 5.92 Å². The normalized spacial score (nSPS) is 19.4. The van der Waals surface area contributed by atoms with E-state index >= 15 is 0 Å². The molecule has 1 amide bonds. The molecule has 0 aromatic carbocycles. The molecule has 2 aromatic heterocycles. The van der Waals surface area contributed by atoms with Crippen LogP contribution in [-0.2, 0) is 4.74 Å². The second-order valence-electron chi connectivity index (χ2n) is 8.93. The first-order valence-corrected chi connectivity index (χ1v) is 10.1. The number of hydrogen-bond donors (Lipinski definition) is 2. The molecular weight excluding hydrogens is 418 g/mol. The summed E-state index contributed by atoms with van der Waals surface area (Å²) in [7, 11) is 0. The minimum absolute atomic E-state index is 0.119. The van der Waals surface area contributed by atoms with Crippen LogP contribution in [0.15, 0.2) is 18.5 Å². The summed E-state index contributed by atoms with van der Waals surface area (Å²) < 4.78 is 59.9. The number of nitrogens with zero attached hydrogens (tertiary/aromatic N) is 3. The molecule has 1 aliphatic carbocycles. The molecule has 31 heavy (non-hydrogen) atoms. The molecule has 2 heterocycles. The van der Waals surface area contributed by atoms with Crippen molar-refractivity contribution in [3.05, 3.63) is 29.7 Å². The van der Waals surface area contributed by atoms with Gasteiger partial charge in [0.1, 0.15) is 5.60 Å². The zero-order valence-corrected chi connectivity index (χ0v) is 17.6. The Morgan fingerprint density at radius 2 is 1.97 bits per heavy atom. The molecule has 1 saturated carbocycles. The van der Waals surface area contributed by atoms with Crippen molar-refractivity contribution in [2.75, 3.05) is 0 Å². The Bertz CT molecular complexity index is 918. The first-order valence-electron chi connectivity index (χ1n) is 10.1. The molecule has 11 heteroatoms. The van der Waals surface area contributed by atoms with Gasteiger partial charge in [-0.15, -0.1) is 0 Å². The Balaban J connectivity index is 1.90. The van der Waals surface area contributed by atoms with Gasteiger partial charge in [-0.2, -0.15) is 5.10 Å².